The van der Waals surface area contributed by atoms with Gasteiger partial charge in [-0.25, -0.2) is 9.50 Å². The third-order valence-corrected chi connectivity index (χ3v) is 4.12. The summed E-state index contributed by atoms with van der Waals surface area (Å²) in [5, 5.41) is 7.24. The van der Waals surface area contributed by atoms with E-state index in [1.807, 2.05) is 53.5 Å². The van der Waals surface area contributed by atoms with Gasteiger partial charge in [-0.3, -0.25) is 14.6 Å². The zero-order valence-electron chi connectivity index (χ0n) is 13.3. The quantitative estimate of drug-likeness (QED) is 0.629. The van der Waals surface area contributed by atoms with E-state index in [1.165, 1.54) is 4.52 Å². The van der Waals surface area contributed by atoms with Gasteiger partial charge < -0.3 is 0 Å². The minimum atomic E-state index is -0.107. The Hall–Kier alpha value is -3.15. The van der Waals surface area contributed by atoms with Crippen LogP contribution in [0.4, 0.5) is 0 Å². The second-order valence-electron chi connectivity index (χ2n) is 5.84. The summed E-state index contributed by atoms with van der Waals surface area (Å²) in [7, 11) is 0. The van der Waals surface area contributed by atoms with E-state index in [9.17, 15) is 4.79 Å². The summed E-state index contributed by atoms with van der Waals surface area (Å²) in [6.45, 7) is 2.06. The van der Waals surface area contributed by atoms with E-state index in [2.05, 4.69) is 17.1 Å². The molecule has 1 N–H and O–H groups in total. The Morgan fingerprint density at radius 3 is 2.79 bits per heavy atom. The van der Waals surface area contributed by atoms with Gasteiger partial charge in [0.2, 0.25) is 0 Å². The van der Waals surface area contributed by atoms with Crippen LogP contribution in [0, 0.1) is 0 Å². The topological polar surface area (TPSA) is 68.0 Å². The molecule has 6 nitrogen and oxygen atoms in total. The van der Waals surface area contributed by atoms with Crippen molar-refractivity contribution < 1.29 is 0 Å². The molecule has 0 fully saturated rings. The molecule has 0 spiro atoms. The molecule has 120 valence electrons. The van der Waals surface area contributed by atoms with Crippen LogP contribution in [0.1, 0.15) is 18.7 Å². The van der Waals surface area contributed by atoms with Crippen LogP contribution in [-0.2, 0) is 6.42 Å². The van der Waals surface area contributed by atoms with E-state index in [-0.39, 0.29) is 11.6 Å². The molecule has 3 aromatic heterocycles. The zero-order chi connectivity index (χ0) is 16.5. The van der Waals surface area contributed by atoms with Crippen molar-refractivity contribution in [3.05, 3.63) is 77.1 Å². The molecule has 0 radical (unpaired) electrons. The zero-order valence-corrected chi connectivity index (χ0v) is 13.3. The molecule has 4 aromatic rings. The van der Waals surface area contributed by atoms with Gasteiger partial charge in [0.25, 0.3) is 5.56 Å². The third kappa shape index (κ3) is 2.52. The molecule has 0 aliphatic rings. The van der Waals surface area contributed by atoms with E-state index in [1.54, 1.807) is 12.3 Å². The highest BCUT2D eigenvalue weighted by molar-refractivity contribution is 5.76. The van der Waals surface area contributed by atoms with Crippen LogP contribution >= 0.6 is 0 Å². The van der Waals surface area contributed by atoms with Crippen LogP contribution in [0.15, 0.2) is 65.8 Å². The van der Waals surface area contributed by atoms with Gasteiger partial charge in [-0.1, -0.05) is 30.3 Å². The van der Waals surface area contributed by atoms with Gasteiger partial charge in [-0.05, 0) is 18.6 Å². The smallest absolute Gasteiger partial charge is 0.272 e. The number of nitrogens with zero attached hydrogens (tertiary/aromatic N) is 4. The average molecular weight is 319 g/mol. The minimum absolute atomic E-state index is 0.107. The van der Waals surface area contributed by atoms with Gasteiger partial charge in [0.05, 0.1) is 11.7 Å². The molecule has 0 saturated heterocycles. The first-order valence-corrected chi connectivity index (χ1v) is 7.87. The van der Waals surface area contributed by atoms with Gasteiger partial charge in [0.15, 0.2) is 5.65 Å². The molecule has 4 rings (SSSR count). The lowest BCUT2D eigenvalue weighted by atomic mass is 10.1. The summed E-state index contributed by atoms with van der Waals surface area (Å²) in [4.78, 5) is 17.1. The van der Waals surface area contributed by atoms with Gasteiger partial charge in [0.1, 0.15) is 0 Å². The van der Waals surface area contributed by atoms with Crippen molar-refractivity contribution in [1.82, 2.24) is 24.4 Å². The molecule has 24 heavy (non-hydrogen) atoms. The maximum atomic E-state index is 12.4. The lowest BCUT2D eigenvalue weighted by Crippen LogP contribution is -2.17. The van der Waals surface area contributed by atoms with E-state index in [4.69, 9.17) is 4.98 Å². The number of aromatic amines is 1. The highest BCUT2D eigenvalue weighted by Crippen LogP contribution is 2.22. The molecule has 6 heteroatoms. The van der Waals surface area contributed by atoms with E-state index in [0.717, 1.165) is 16.8 Å². The van der Waals surface area contributed by atoms with Crippen LogP contribution in [0.5, 0.6) is 0 Å². The summed E-state index contributed by atoms with van der Waals surface area (Å²) >= 11 is 0. The van der Waals surface area contributed by atoms with Crippen LogP contribution in [0.2, 0.25) is 0 Å². The fourth-order valence-corrected chi connectivity index (χ4v) is 2.90. The molecular formula is C18H17N5O. The molecular weight excluding hydrogens is 302 g/mol. The summed E-state index contributed by atoms with van der Waals surface area (Å²) < 4.78 is 3.35. The molecule has 3 heterocycles. The first-order valence-electron chi connectivity index (χ1n) is 7.87. The average Bonchev–Trinajstić information content (AvgIpc) is 3.25. The number of aromatic nitrogens is 5. The third-order valence-electron chi connectivity index (χ3n) is 4.12. The van der Waals surface area contributed by atoms with E-state index < -0.39 is 0 Å². The van der Waals surface area contributed by atoms with Gasteiger partial charge >= 0.3 is 0 Å². The van der Waals surface area contributed by atoms with Crippen LogP contribution in [-0.4, -0.2) is 24.4 Å². The Balaban J connectivity index is 1.77. The Bertz CT molecular complexity index is 1010. The molecule has 1 aromatic carbocycles. The van der Waals surface area contributed by atoms with Gasteiger partial charge in [-0.15, -0.1) is 0 Å². The normalized spacial score (nSPS) is 12.5. The maximum absolute atomic E-state index is 12.4. The van der Waals surface area contributed by atoms with Crippen molar-refractivity contribution in [2.45, 2.75) is 19.4 Å². The lowest BCUT2D eigenvalue weighted by Gasteiger charge is -2.11. The lowest BCUT2D eigenvalue weighted by molar-refractivity contribution is 0.484. The molecule has 0 saturated carbocycles. The van der Waals surface area contributed by atoms with Crippen molar-refractivity contribution in [2.75, 3.05) is 0 Å². The van der Waals surface area contributed by atoms with Gasteiger partial charge in [0, 0.05) is 36.6 Å². The van der Waals surface area contributed by atoms with Crippen molar-refractivity contribution in [3.63, 3.8) is 0 Å². The minimum Gasteiger partial charge on any atom is -0.296 e. The summed E-state index contributed by atoms with van der Waals surface area (Å²) in [5.41, 5.74) is 3.25. The van der Waals surface area contributed by atoms with E-state index >= 15 is 0 Å². The number of benzene rings is 1. The number of nitrogens with one attached hydrogen (secondary N) is 1. The Labute approximate surface area is 138 Å². The van der Waals surface area contributed by atoms with Crippen LogP contribution in [0.25, 0.3) is 16.8 Å². The van der Waals surface area contributed by atoms with Crippen molar-refractivity contribution in [2.24, 2.45) is 0 Å². The van der Waals surface area contributed by atoms with Gasteiger partial charge in [-0.2, -0.15) is 5.10 Å². The highest BCUT2D eigenvalue weighted by Gasteiger charge is 2.13. The summed E-state index contributed by atoms with van der Waals surface area (Å²) in [6, 6.07) is 13.5. The van der Waals surface area contributed by atoms with Crippen molar-refractivity contribution >= 4 is 5.65 Å². The van der Waals surface area contributed by atoms with Crippen LogP contribution in [0.3, 0.4) is 0 Å². The summed E-state index contributed by atoms with van der Waals surface area (Å²) in [5.74, 6) is 0. The number of hydrogen-bond acceptors (Lipinski definition) is 3. The number of fused-ring (bicyclic) bond motifs is 1. The maximum Gasteiger partial charge on any atom is 0.272 e. The second-order valence-corrected chi connectivity index (χ2v) is 5.84. The number of rotatable bonds is 4. The predicted molar refractivity (Wildman–Crippen MR) is 91.9 cm³/mol. The second kappa shape index (κ2) is 5.81. The highest BCUT2D eigenvalue weighted by atomic mass is 16.1. The largest absolute Gasteiger partial charge is 0.296 e. The monoisotopic (exact) mass is 319 g/mol. The Kier molecular flexibility index (Phi) is 3.49. The molecule has 0 aliphatic carbocycles. The van der Waals surface area contributed by atoms with Crippen molar-refractivity contribution in [3.8, 4) is 11.1 Å². The molecule has 0 bridgehead atoms. The predicted octanol–water partition coefficient (Wildman–Crippen LogP) is 2.69. The SMILES string of the molecule is CC(Cc1cc(=O)n2[nH]cc(-c3ccccc3)c2n1)n1cccn1. The molecule has 1 unspecified atom stereocenters. The molecule has 0 aliphatic heterocycles. The van der Waals surface area contributed by atoms with E-state index in [0.29, 0.717) is 12.1 Å². The first-order chi connectivity index (χ1) is 11.7. The number of hydrogen-bond donors (Lipinski definition) is 1. The Morgan fingerprint density at radius 1 is 1.21 bits per heavy atom. The molecule has 0 amide bonds. The standard InChI is InChI=1S/C18H17N5O/c1-13(22-9-5-8-19-22)10-15-11-17(24)23-18(21-15)16(12-20-23)14-6-3-2-4-7-14/h2-9,11-13,20H,10H2,1H3. The summed E-state index contributed by atoms with van der Waals surface area (Å²) in [6.07, 6.45) is 6.13. The van der Waals surface area contributed by atoms with Crippen LogP contribution < -0.4 is 5.56 Å². The van der Waals surface area contributed by atoms with Crippen molar-refractivity contribution in [1.29, 1.82) is 0 Å². The Morgan fingerprint density at radius 2 is 2.04 bits per heavy atom. The first kappa shape index (κ1) is 14.4. The fraction of sp³-hybridized carbons (Fsp3) is 0.167. The fourth-order valence-electron chi connectivity index (χ4n) is 2.90. The molecule has 1 atom stereocenters. The number of H-pyrrole nitrogens is 1.